The van der Waals surface area contributed by atoms with Crippen LogP contribution in [0.1, 0.15) is 18.2 Å². The smallest absolute Gasteiger partial charge is 0.0310 e. The minimum atomic E-state index is 0.504. The summed E-state index contributed by atoms with van der Waals surface area (Å²) >= 11 is 7.51. The summed E-state index contributed by atoms with van der Waals surface area (Å²) in [6.07, 6.45) is 2.19. The molecule has 1 heterocycles. The maximum absolute atomic E-state index is 5.71. The average Bonchev–Trinajstić information content (AvgIpc) is 2.64. The van der Waals surface area contributed by atoms with Crippen molar-refractivity contribution in [2.24, 2.45) is 0 Å². The molecule has 1 aromatic rings. The summed E-state index contributed by atoms with van der Waals surface area (Å²) in [7, 11) is 0. The molecule has 0 bridgehead atoms. The second-order valence-corrected chi connectivity index (χ2v) is 4.85. The zero-order chi connectivity index (χ0) is 10.4. The van der Waals surface area contributed by atoms with E-state index in [2.05, 4.69) is 36.3 Å². The molecule has 3 heteroatoms. The van der Waals surface area contributed by atoms with Crippen LogP contribution < -0.4 is 5.32 Å². The molecule has 0 aromatic carbocycles. The molecule has 1 atom stereocenters. The van der Waals surface area contributed by atoms with Gasteiger partial charge in [0.2, 0.25) is 0 Å². The van der Waals surface area contributed by atoms with Crippen LogP contribution in [0.4, 0.5) is 0 Å². The maximum atomic E-state index is 5.71. The van der Waals surface area contributed by atoms with Gasteiger partial charge < -0.3 is 5.32 Å². The minimum Gasteiger partial charge on any atom is -0.309 e. The summed E-state index contributed by atoms with van der Waals surface area (Å²) in [5.41, 5.74) is 0. The summed E-state index contributed by atoms with van der Waals surface area (Å²) in [5, 5.41) is 6.17. The van der Waals surface area contributed by atoms with E-state index in [0.717, 1.165) is 12.8 Å². The lowest BCUT2D eigenvalue weighted by Crippen LogP contribution is -2.31. The zero-order valence-electron chi connectivity index (χ0n) is 8.42. The highest BCUT2D eigenvalue weighted by Crippen LogP contribution is 2.12. The van der Waals surface area contributed by atoms with E-state index in [4.69, 9.17) is 11.6 Å². The fraction of sp³-hybridized carbons (Fsp3) is 0.455. The van der Waals surface area contributed by atoms with Crippen molar-refractivity contribution < 1.29 is 0 Å². The third kappa shape index (κ3) is 4.27. The van der Waals surface area contributed by atoms with Crippen molar-refractivity contribution in [2.45, 2.75) is 25.8 Å². The highest BCUT2D eigenvalue weighted by atomic mass is 35.5. The first kappa shape index (κ1) is 11.8. The molecule has 0 spiro atoms. The Balaban J connectivity index is 2.35. The molecule has 0 aliphatic rings. The van der Waals surface area contributed by atoms with E-state index < -0.39 is 0 Å². The molecule has 0 aliphatic carbocycles. The summed E-state index contributed by atoms with van der Waals surface area (Å²) in [6, 6.07) is 4.77. The summed E-state index contributed by atoms with van der Waals surface area (Å²) in [4.78, 5) is 1.42. The second-order valence-electron chi connectivity index (χ2n) is 3.29. The van der Waals surface area contributed by atoms with Crippen molar-refractivity contribution in [3.05, 3.63) is 34.0 Å². The number of halogens is 1. The average molecular weight is 230 g/mol. The zero-order valence-corrected chi connectivity index (χ0v) is 10.00. The van der Waals surface area contributed by atoms with Gasteiger partial charge in [-0.15, -0.1) is 11.3 Å². The Morgan fingerprint density at radius 3 is 3.00 bits per heavy atom. The molecule has 0 saturated heterocycles. The highest BCUT2D eigenvalue weighted by molar-refractivity contribution is 7.09. The van der Waals surface area contributed by atoms with Gasteiger partial charge in [0.15, 0.2) is 0 Å². The predicted molar refractivity (Wildman–Crippen MR) is 65.1 cm³/mol. The van der Waals surface area contributed by atoms with E-state index in [-0.39, 0.29) is 0 Å². The highest BCUT2D eigenvalue weighted by Gasteiger charge is 2.07. The fourth-order valence-electron chi connectivity index (χ4n) is 1.29. The molecule has 78 valence electrons. The van der Waals surface area contributed by atoms with E-state index in [1.165, 1.54) is 4.88 Å². The van der Waals surface area contributed by atoms with Crippen LogP contribution in [0.15, 0.2) is 29.1 Å². The van der Waals surface area contributed by atoms with Crippen LogP contribution in [0.5, 0.6) is 0 Å². The van der Waals surface area contributed by atoms with E-state index in [1.54, 1.807) is 11.3 Å². The first-order chi connectivity index (χ1) is 6.72. The molecule has 14 heavy (non-hydrogen) atoms. The van der Waals surface area contributed by atoms with E-state index in [0.29, 0.717) is 17.6 Å². The predicted octanol–water partition coefficient (Wildman–Crippen LogP) is 3.41. The van der Waals surface area contributed by atoms with Crippen LogP contribution in [0.25, 0.3) is 0 Å². The molecule has 0 radical (unpaired) electrons. The second kappa shape index (κ2) is 6.23. The van der Waals surface area contributed by atoms with Gasteiger partial charge in [-0.05, 0) is 24.3 Å². The van der Waals surface area contributed by atoms with E-state index >= 15 is 0 Å². The van der Waals surface area contributed by atoms with Gasteiger partial charge in [-0.25, -0.2) is 0 Å². The number of hydrogen-bond donors (Lipinski definition) is 1. The van der Waals surface area contributed by atoms with Gasteiger partial charge in [0.1, 0.15) is 0 Å². The lowest BCUT2D eigenvalue weighted by atomic mass is 10.1. The van der Waals surface area contributed by atoms with Crippen molar-refractivity contribution in [1.29, 1.82) is 0 Å². The van der Waals surface area contributed by atoms with Crippen molar-refractivity contribution >= 4 is 22.9 Å². The summed E-state index contributed by atoms with van der Waals surface area (Å²) in [5.74, 6) is 0. The summed E-state index contributed by atoms with van der Waals surface area (Å²) in [6.45, 7) is 6.55. The molecule has 1 aromatic heterocycles. The monoisotopic (exact) mass is 229 g/mol. The number of hydrogen-bond acceptors (Lipinski definition) is 2. The third-order valence-electron chi connectivity index (χ3n) is 2.10. The Morgan fingerprint density at radius 1 is 1.71 bits per heavy atom. The topological polar surface area (TPSA) is 12.0 Å². The van der Waals surface area contributed by atoms with Gasteiger partial charge in [0.25, 0.3) is 0 Å². The van der Waals surface area contributed by atoms with Crippen molar-refractivity contribution in [2.75, 3.05) is 6.54 Å². The fourth-order valence-corrected chi connectivity index (χ4v) is 2.15. The third-order valence-corrected chi connectivity index (χ3v) is 3.14. The Kier molecular flexibility index (Phi) is 5.23. The van der Waals surface area contributed by atoms with Crippen molar-refractivity contribution in [3.8, 4) is 0 Å². The molecule has 0 amide bonds. The molecule has 0 saturated carbocycles. The lowest BCUT2D eigenvalue weighted by Gasteiger charge is -2.15. The Bertz CT molecular complexity index is 269. The molecule has 0 aliphatic heterocycles. The molecule has 1 nitrogen and oxygen atoms in total. The molecule has 1 unspecified atom stereocenters. The normalized spacial score (nSPS) is 12.7. The maximum Gasteiger partial charge on any atom is 0.0310 e. The largest absolute Gasteiger partial charge is 0.309 e. The van der Waals surface area contributed by atoms with Gasteiger partial charge in [0, 0.05) is 22.5 Å². The first-order valence-electron chi connectivity index (χ1n) is 4.81. The molecule has 1 rings (SSSR count). The SMILES string of the molecule is C=C(Cl)CNC(CC)Cc1cccs1. The number of nitrogens with one attached hydrogen (secondary N) is 1. The van der Waals surface area contributed by atoms with Gasteiger partial charge >= 0.3 is 0 Å². The van der Waals surface area contributed by atoms with Gasteiger partial charge in [-0.2, -0.15) is 0 Å². The standard InChI is InChI=1S/C11H16ClNS/c1-3-10(13-8-9(2)12)7-11-5-4-6-14-11/h4-6,10,13H,2-3,7-8H2,1H3. The number of thiophene rings is 1. The van der Waals surface area contributed by atoms with Crippen LogP contribution in [0.3, 0.4) is 0 Å². The van der Waals surface area contributed by atoms with Crippen LogP contribution in [-0.4, -0.2) is 12.6 Å². The van der Waals surface area contributed by atoms with Crippen molar-refractivity contribution in [3.63, 3.8) is 0 Å². The molecule has 0 fully saturated rings. The van der Waals surface area contributed by atoms with Crippen LogP contribution in [-0.2, 0) is 6.42 Å². The van der Waals surface area contributed by atoms with Gasteiger partial charge in [-0.1, -0.05) is 31.2 Å². The van der Waals surface area contributed by atoms with E-state index in [1.807, 2.05) is 0 Å². The van der Waals surface area contributed by atoms with Crippen LogP contribution in [0, 0.1) is 0 Å². The minimum absolute atomic E-state index is 0.504. The Morgan fingerprint density at radius 2 is 2.50 bits per heavy atom. The number of rotatable bonds is 6. The quantitative estimate of drug-likeness (QED) is 0.789. The van der Waals surface area contributed by atoms with Gasteiger partial charge in [0.05, 0.1) is 0 Å². The van der Waals surface area contributed by atoms with Crippen LogP contribution in [0.2, 0.25) is 0 Å². The van der Waals surface area contributed by atoms with E-state index in [9.17, 15) is 0 Å². The lowest BCUT2D eigenvalue weighted by molar-refractivity contribution is 0.523. The van der Waals surface area contributed by atoms with Gasteiger partial charge in [-0.3, -0.25) is 0 Å². The van der Waals surface area contributed by atoms with Crippen molar-refractivity contribution in [1.82, 2.24) is 5.32 Å². The summed E-state index contributed by atoms with van der Waals surface area (Å²) < 4.78 is 0. The molecular formula is C11H16ClNS. The molecule has 1 N–H and O–H groups in total. The first-order valence-corrected chi connectivity index (χ1v) is 6.07. The molecular weight excluding hydrogens is 214 g/mol. The Labute approximate surface area is 94.8 Å². The Hall–Kier alpha value is -0.310. The van der Waals surface area contributed by atoms with Crippen LogP contribution >= 0.6 is 22.9 Å².